The summed E-state index contributed by atoms with van der Waals surface area (Å²) in [5, 5.41) is 21.1. The number of hydrogen-bond donors (Lipinski definition) is 3. The van der Waals surface area contributed by atoms with Crippen LogP contribution in [0.1, 0.15) is 32.1 Å². The van der Waals surface area contributed by atoms with Gasteiger partial charge in [0.1, 0.15) is 19.2 Å². The Morgan fingerprint density at radius 2 is 2.04 bits per heavy atom. The van der Waals surface area contributed by atoms with Gasteiger partial charge in [0.15, 0.2) is 0 Å². The highest BCUT2D eigenvalue weighted by atomic mass is 31.2. The maximum Gasteiger partial charge on any atom is 0.489 e. The summed E-state index contributed by atoms with van der Waals surface area (Å²) >= 11 is 0. The van der Waals surface area contributed by atoms with Crippen LogP contribution in [0.15, 0.2) is 42.7 Å². The van der Waals surface area contributed by atoms with Crippen molar-refractivity contribution in [3.8, 4) is 0 Å². The number of benzene rings is 1. The SMILES string of the molecule is CP(C)(=O)[C@@H](NC(=O)c1ccc(B(O)O)c(C=O)c1)c1cccnc1. The van der Waals surface area contributed by atoms with Gasteiger partial charge in [-0.05, 0) is 37.0 Å². The summed E-state index contributed by atoms with van der Waals surface area (Å²) in [7, 11) is -4.55. The van der Waals surface area contributed by atoms with Crippen molar-refractivity contribution in [3.05, 3.63) is 59.4 Å². The predicted octanol–water partition coefficient (Wildman–Crippen LogP) is 0.625. The van der Waals surface area contributed by atoms with Gasteiger partial charge in [-0.15, -0.1) is 0 Å². The van der Waals surface area contributed by atoms with Gasteiger partial charge in [-0.2, -0.15) is 0 Å². The van der Waals surface area contributed by atoms with Crippen molar-refractivity contribution in [2.45, 2.75) is 5.78 Å². The van der Waals surface area contributed by atoms with Crippen LogP contribution in [-0.2, 0) is 4.57 Å². The first-order chi connectivity index (χ1) is 11.7. The molecule has 130 valence electrons. The highest BCUT2D eigenvalue weighted by molar-refractivity contribution is 7.62. The molecule has 0 saturated heterocycles. The number of rotatable bonds is 6. The fourth-order valence-electron chi connectivity index (χ4n) is 2.40. The smallest absolute Gasteiger partial charge is 0.423 e. The van der Waals surface area contributed by atoms with E-state index < -0.39 is 26.0 Å². The maximum absolute atomic E-state index is 12.6. The lowest BCUT2D eigenvalue weighted by atomic mass is 9.77. The van der Waals surface area contributed by atoms with Crippen molar-refractivity contribution < 1.29 is 24.2 Å². The van der Waals surface area contributed by atoms with Crippen molar-refractivity contribution in [2.75, 3.05) is 13.3 Å². The minimum atomic E-state index is -2.74. The Labute approximate surface area is 145 Å². The molecule has 0 bridgehead atoms. The molecule has 2 aromatic rings. The Balaban J connectivity index is 2.33. The van der Waals surface area contributed by atoms with Gasteiger partial charge < -0.3 is 19.9 Å². The Morgan fingerprint density at radius 1 is 1.32 bits per heavy atom. The van der Waals surface area contributed by atoms with E-state index in [1.54, 1.807) is 31.7 Å². The molecule has 1 aromatic carbocycles. The quantitative estimate of drug-likeness (QED) is 0.395. The number of carbonyl (C=O) groups excluding carboxylic acids is 2. The van der Waals surface area contributed by atoms with Gasteiger partial charge in [-0.25, -0.2) is 0 Å². The monoisotopic (exact) mass is 360 g/mol. The molecular weight excluding hydrogens is 342 g/mol. The van der Waals surface area contributed by atoms with E-state index >= 15 is 0 Å². The van der Waals surface area contributed by atoms with Gasteiger partial charge in [0.25, 0.3) is 5.91 Å². The molecule has 0 radical (unpaired) electrons. The van der Waals surface area contributed by atoms with Crippen LogP contribution in [0.3, 0.4) is 0 Å². The highest BCUT2D eigenvalue weighted by Crippen LogP contribution is 2.50. The molecule has 25 heavy (non-hydrogen) atoms. The molecule has 0 aliphatic carbocycles. The van der Waals surface area contributed by atoms with Gasteiger partial charge in [-0.1, -0.05) is 12.1 Å². The summed E-state index contributed by atoms with van der Waals surface area (Å²) in [4.78, 5) is 27.6. The standard InChI is InChI=1S/C16H18BN2O5P/c1-25(2,24)16(12-4-3-7-18-9-12)19-15(21)11-5-6-14(17(22)23)13(8-11)10-20/h3-10,16,22-23H,1-2H3,(H,19,21)/t16-/m1/s1. The first kappa shape index (κ1) is 19.1. The minimum absolute atomic E-state index is 0.00300. The van der Waals surface area contributed by atoms with E-state index in [1.807, 2.05) is 0 Å². The Kier molecular flexibility index (Phi) is 5.90. The molecular formula is C16H18BN2O5P. The number of aromatic nitrogens is 1. The van der Waals surface area contributed by atoms with E-state index in [0.717, 1.165) is 0 Å². The van der Waals surface area contributed by atoms with Crippen LogP contribution in [0.5, 0.6) is 0 Å². The lowest BCUT2D eigenvalue weighted by molar-refractivity contribution is 0.0947. The second-order valence-corrected chi connectivity index (χ2v) is 9.32. The summed E-state index contributed by atoms with van der Waals surface area (Å²) in [6.07, 6.45) is 3.55. The lowest BCUT2D eigenvalue weighted by Gasteiger charge is -2.23. The molecule has 0 unspecified atom stereocenters. The third-order valence-electron chi connectivity index (χ3n) is 3.64. The van der Waals surface area contributed by atoms with E-state index in [2.05, 4.69) is 10.3 Å². The van der Waals surface area contributed by atoms with Crippen molar-refractivity contribution >= 4 is 31.9 Å². The van der Waals surface area contributed by atoms with Crippen LogP contribution in [0.2, 0.25) is 0 Å². The number of amides is 1. The molecule has 7 nitrogen and oxygen atoms in total. The zero-order valence-electron chi connectivity index (χ0n) is 13.8. The van der Waals surface area contributed by atoms with Crippen LogP contribution in [0.4, 0.5) is 0 Å². The van der Waals surface area contributed by atoms with Crippen molar-refractivity contribution in [1.82, 2.24) is 10.3 Å². The maximum atomic E-state index is 12.6. The van der Waals surface area contributed by atoms with Crippen molar-refractivity contribution in [1.29, 1.82) is 0 Å². The zero-order chi connectivity index (χ0) is 18.6. The first-order valence-electron chi connectivity index (χ1n) is 7.44. The van der Waals surface area contributed by atoms with Gasteiger partial charge >= 0.3 is 7.12 Å². The predicted molar refractivity (Wildman–Crippen MR) is 95.6 cm³/mol. The highest BCUT2D eigenvalue weighted by Gasteiger charge is 2.28. The molecule has 0 aliphatic heterocycles. The number of hydrogen-bond acceptors (Lipinski definition) is 6. The summed E-state index contributed by atoms with van der Waals surface area (Å²) < 4.78 is 12.6. The zero-order valence-corrected chi connectivity index (χ0v) is 14.7. The fraction of sp³-hybridized carbons (Fsp3) is 0.188. The Hall–Kier alpha value is -2.28. The second kappa shape index (κ2) is 7.74. The van der Waals surface area contributed by atoms with Crippen molar-refractivity contribution in [2.24, 2.45) is 0 Å². The van der Waals surface area contributed by atoms with Gasteiger partial charge in [0.05, 0.1) is 0 Å². The van der Waals surface area contributed by atoms with E-state index in [1.165, 1.54) is 24.4 Å². The molecule has 1 amide bonds. The van der Waals surface area contributed by atoms with Crippen LogP contribution < -0.4 is 10.8 Å². The fourth-order valence-corrected chi connectivity index (χ4v) is 3.70. The van der Waals surface area contributed by atoms with Gasteiger partial charge in [0, 0.05) is 29.1 Å². The summed E-state index contributed by atoms with van der Waals surface area (Å²) in [6.45, 7) is 3.13. The lowest BCUT2D eigenvalue weighted by Crippen LogP contribution is -2.34. The molecule has 9 heteroatoms. The molecule has 3 N–H and O–H groups in total. The Bertz CT molecular complexity index is 823. The average Bonchev–Trinajstić information content (AvgIpc) is 2.58. The van der Waals surface area contributed by atoms with E-state index in [0.29, 0.717) is 11.8 Å². The van der Waals surface area contributed by atoms with Gasteiger partial charge in [-0.3, -0.25) is 14.6 Å². The Morgan fingerprint density at radius 3 is 2.56 bits per heavy atom. The molecule has 0 saturated carbocycles. The van der Waals surface area contributed by atoms with E-state index in [-0.39, 0.29) is 16.6 Å². The third-order valence-corrected chi connectivity index (χ3v) is 5.31. The molecule has 0 aliphatic rings. The number of aldehydes is 1. The largest absolute Gasteiger partial charge is 0.489 e. The number of nitrogens with zero attached hydrogens (tertiary/aromatic N) is 1. The van der Waals surface area contributed by atoms with Gasteiger partial charge in [0.2, 0.25) is 0 Å². The summed E-state index contributed by atoms with van der Waals surface area (Å²) in [6, 6.07) is 7.33. The van der Waals surface area contributed by atoms with Crippen LogP contribution in [0, 0.1) is 0 Å². The topological polar surface area (TPSA) is 117 Å². The number of nitrogens with one attached hydrogen (secondary N) is 1. The molecule has 1 heterocycles. The second-order valence-electron chi connectivity index (χ2n) is 5.93. The van der Waals surface area contributed by atoms with E-state index in [9.17, 15) is 24.2 Å². The van der Waals surface area contributed by atoms with E-state index in [4.69, 9.17) is 0 Å². The molecule has 2 rings (SSSR count). The number of pyridine rings is 1. The molecule has 1 aromatic heterocycles. The van der Waals surface area contributed by atoms with Crippen LogP contribution in [-0.4, -0.2) is 47.7 Å². The minimum Gasteiger partial charge on any atom is -0.423 e. The van der Waals surface area contributed by atoms with Crippen molar-refractivity contribution in [3.63, 3.8) is 0 Å². The summed E-state index contributed by atoms with van der Waals surface area (Å²) in [5.74, 6) is -1.25. The number of carbonyl (C=O) groups is 2. The van der Waals surface area contributed by atoms with Crippen LogP contribution in [0.25, 0.3) is 0 Å². The normalized spacial score (nSPS) is 12.3. The third kappa shape index (κ3) is 4.63. The first-order valence-corrected chi connectivity index (χ1v) is 10.1. The molecule has 0 spiro atoms. The van der Waals surface area contributed by atoms with Crippen LogP contribution >= 0.6 is 7.14 Å². The summed E-state index contributed by atoms with van der Waals surface area (Å²) in [5.41, 5.74) is 0.764. The molecule has 1 atom stereocenters. The molecule has 0 fully saturated rings. The average molecular weight is 360 g/mol.